The lowest BCUT2D eigenvalue weighted by Gasteiger charge is -2.31. The zero-order valence-electron chi connectivity index (χ0n) is 18.8. The minimum Gasteiger partial charge on any atom is -0.383 e. The normalized spacial score (nSPS) is 19.8. The van der Waals surface area contributed by atoms with Gasteiger partial charge < -0.3 is 10.6 Å². The molecule has 2 unspecified atom stereocenters. The fourth-order valence-corrected chi connectivity index (χ4v) is 4.64. The Labute approximate surface area is 197 Å². The maximum Gasteiger partial charge on any atom is 0.297 e. The number of anilines is 2. The van der Waals surface area contributed by atoms with Gasteiger partial charge in [0.2, 0.25) is 6.21 Å². The average molecular weight is 485 g/mol. The molecule has 0 amide bonds. The quantitative estimate of drug-likeness (QED) is 0.422. The molecule has 2 N–H and O–H groups in total. The van der Waals surface area contributed by atoms with E-state index in [1.54, 1.807) is 6.21 Å². The Bertz CT molecular complexity index is 1360. The minimum atomic E-state index is -2.77. The van der Waals surface area contributed by atoms with Gasteiger partial charge in [-0.05, 0) is 24.1 Å². The Balaban J connectivity index is 1.49. The number of aromatic nitrogens is 4. The van der Waals surface area contributed by atoms with Crippen molar-refractivity contribution in [2.45, 2.75) is 38.2 Å². The van der Waals surface area contributed by atoms with Gasteiger partial charge in [0.1, 0.15) is 23.8 Å². The monoisotopic (exact) mass is 485 g/mol. The Hall–Kier alpha value is -3.96. The molecule has 0 fully saturated rings. The molecule has 0 spiro atoms. The number of hydrogen-bond acceptors (Lipinski definition) is 7. The predicted molar refractivity (Wildman–Crippen MR) is 121 cm³/mol. The van der Waals surface area contributed by atoms with Gasteiger partial charge in [-0.25, -0.2) is 33.1 Å². The summed E-state index contributed by atoms with van der Waals surface area (Å²) in [4.78, 5) is 18.3. The predicted octanol–water partition coefficient (Wildman–Crippen LogP) is 3.75. The van der Waals surface area contributed by atoms with Crippen LogP contribution in [0.4, 0.5) is 34.9 Å². The first kappa shape index (κ1) is 22.8. The highest BCUT2D eigenvalue weighted by atomic mass is 19.3. The van der Waals surface area contributed by atoms with Crippen LogP contribution in [0.1, 0.15) is 43.6 Å². The van der Waals surface area contributed by atoms with Crippen molar-refractivity contribution in [3.8, 4) is 0 Å². The molecular weight excluding hydrogens is 464 g/mol. The molecule has 180 valence electrons. The van der Waals surface area contributed by atoms with Gasteiger partial charge >= 0.3 is 0 Å². The Morgan fingerprint density at radius 3 is 2.49 bits per heavy atom. The molecule has 0 aliphatic carbocycles. The van der Waals surface area contributed by atoms with Gasteiger partial charge in [0.05, 0.1) is 6.04 Å². The number of nitrogens with two attached hydrogens (primary N) is 1. The van der Waals surface area contributed by atoms with Crippen LogP contribution in [0.3, 0.4) is 0 Å². The van der Waals surface area contributed by atoms with E-state index in [2.05, 4.69) is 25.0 Å². The summed E-state index contributed by atoms with van der Waals surface area (Å²) in [6.45, 7) is 4.27. The second kappa shape index (κ2) is 8.36. The lowest BCUT2D eigenvalue weighted by atomic mass is 9.79. The second-order valence-corrected chi connectivity index (χ2v) is 8.57. The molecule has 0 radical (unpaired) electrons. The van der Waals surface area contributed by atoms with Crippen molar-refractivity contribution in [3.05, 3.63) is 65.5 Å². The molecule has 1 aromatic carbocycles. The van der Waals surface area contributed by atoms with E-state index in [0.717, 1.165) is 6.07 Å². The molecule has 0 saturated heterocycles. The number of hydrogen-bond donors (Lipinski definition) is 1. The number of halogens is 4. The van der Waals surface area contributed by atoms with Gasteiger partial charge in [0.25, 0.3) is 12.1 Å². The third kappa shape index (κ3) is 3.69. The van der Waals surface area contributed by atoms with Crippen LogP contribution >= 0.6 is 0 Å². The van der Waals surface area contributed by atoms with Gasteiger partial charge in [-0.1, -0.05) is 6.92 Å². The van der Waals surface area contributed by atoms with Crippen LogP contribution in [0.15, 0.2) is 42.0 Å². The molecule has 12 heteroatoms. The van der Waals surface area contributed by atoms with Crippen LogP contribution in [0.2, 0.25) is 0 Å². The number of fused-ring (bicyclic) bond motifs is 1. The third-order valence-electron chi connectivity index (χ3n) is 6.41. The van der Waals surface area contributed by atoms with E-state index in [9.17, 15) is 17.6 Å². The molecule has 0 bridgehead atoms. The van der Waals surface area contributed by atoms with Gasteiger partial charge in [0, 0.05) is 52.7 Å². The number of alkyl halides is 2. The highest BCUT2D eigenvalue weighted by Gasteiger charge is 2.48. The molecule has 8 nitrogen and oxygen atoms in total. The van der Waals surface area contributed by atoms with E-state index in [1.807, 2.05) is 18.7 Å². The molecular formula is C23H21F4N8+. The number of hydrazone groups is 1. The first-order chi connectivity index (χ1) is 16.7. The van der Waals surface area contributed by atoms with E-state index in [1.165, 1.54) is 35.5 Å². The Morgan fingerprint density at radius 1 is 1.14 bits per heavy atom. The van der Waals surface area contributed by atoms with Crippen molar-refractivity contribution in [2.75, 3.05) is 17.2 Å². The minimum absolute atomic E-state index is 0.138. The summed E-state index contributed by atoms with van der Waals surface area (Å²) in [6.07, 6.45) is 3.66. The van der Waals surface area contributed by atoms with E-state index < -0.39 is 29.3 Å². The number of nitrogens with zero attached hydrogens (tertiary/aromatic N) is 7. The van der Waals surface area contributed by atoms with Gasteiger partial charge in [-0.3, -0.25) is 0 Å². The zero-order chi connectivity index (χ0) is 24.9. The van der Waals surface area contributed by atoms with Crippen molar-refractivity contribution in [1.29, 1.82) is 0 Å². The molecule has 2 atom stereocenters. The summed E-state index contributed by atoms with van der Waals surface area (Å²) in [7, 11) is 0. The SMILES string of the molecule is CCC(C1=N[N+](c2ccc(F)cc2F)=C1)N1CC(C)(c2cnc(C(F)F)nc2)c2c(N)ncnc21. The van der Waals surface area contributed by atoms with Crippen molar-refractivity contribution >= 4 is 29.2 Å². The van der Waals surface area contributed by atoms with Crippen molar-refractivity contribution in [2.24, 2.45) is 5.10 Å². The molecule has 35 heavy (non-hydrogen) atoms. The van der Waals surface area contributed by atoms with E-state index in [4.69, 9.17) is 5.73 Å². The van der Waals surface area contributed by atoms with Crippen LogP contribution in [-0.4, -0.2) is 49.1 Å². The maximum atomic E-state index is 14.2. The third-order valence-corrected chi connectivity index (χ3v) is 6.41. The first-order valence-electron chi connectivity index (χ1n) is 10.9. The number of benzene rings is 1. The van der Waals surface area contributed by atoms with Crippen LogP contribution in [0.25, 0.3) is 0 Å². The maximum absolute atomic E-state index is 14.2. The molecule has 4 heterocycles. The molecule has 2 aromatic heterocycles. The Kier molecular flexibility index (Phi) is 5.45. The van der Waals surface area contributed by atoms with Crippen LogP contribution in [-0.2, 0) is 5.41 Å². The molecule has 2 aliphatic rings. The fourth-order valence-electron chi connectivity index (χ4n) is 4.64. The van der Waals surface area contributed by atoms with E-state index >= 15 is 0 Å². The summed E-state index contributed by atoms with van der Waals surface area (Å²) in [5.74, 6) is -1.08. The summed E-state index contributed by atoms with van der Waals surface area (Å²) in [6, 6.07) is 3.05. The fraction of sp³-hybridized carbons (Fsp3) is 0.304. The average Bonchev–Trinajstić information content (AvgIpc) is 3.11. The number of nitrogen functional groups attached to an aromatic ring is 1. The second-order valence-electron chi connectivity index (χ2n) is 8.57. The molecule has 2 aliphatic heterocycles. The summed E-state index contributed by atoms with van der Waals surface area (Å²) < 4.78 is 54.8. The van der Waals surface area contributed by atoms with Crippen molar-refractivity contribution in [1.82, 2.24) is 19.9 Å². The van der Waals surface area contributed by atoms with Crippen LogP contribution in [0, 0.1) is 11.6 Å². The highest BCUT2D eigenvalue weighted by molar-refractivity contribution is 6.34. The lowest BCUT2D eigenvalue weighted by molar-refractivity contribution is -0.452. The topological polar surface area (TPSA) is 96.2 Å². The van der Waals surface area contributed by atoms with Crippen molar-refractivity contribution in [3.63, 3.8) is 0 Å². The standard InChI is InChI=1S/C23H21F4N8/c1-3-16(15-9-35(33-15)17-5-4-13(24)6-14(17)25)34-10-23(2,18-20(28)31-11-32-22(18)34)12-7-29-21(19(26)27)30-8-12/h4-9,11,16,19H,3,10H2,1-2H3,(H2,28,31,32)/q+1. The van der Waals surface area contributed by atoms with Gasteiger partial charge in [-0.15, -0.1) is 0 Å². The largest absolute Gasteiger partial charge is 0.383 e. The smallest absolute Gasteiger partial charge is 0.297 e. The van der Waals surface area contributed by atoms with E-state index in [0.29, 0.717) is 35.6 Å². The van der Waals surface area contributed by atoms with Gasteiger partial charge in [-0.2, -0.15) is 4.39 Å². The van der Waals surface area contributed by atoms with Crippen LogP contribution in [0.5, 0.6) is 0 Å². The highest BCUT2D eigenvalue weighted by Crippen LogP contribution is 2.47. The molecule has 0 saturated carbocycles. The molecule has 3 aromatic rings. The zero-order valence-corrected chi connectivity index (χ0v) is 18.8. The van der Waals surface area contributed by atoms with E-state index in [-0.39, 0.29) is 17.5 Å². The Morgan fingerprint density at radius 2 is 1.86 bits per heavy atom. The van der Waals surface area contributed by atoms with Crippen LogP contribution < -0.4 is 10.6 Å². The summed E-state index contributed by atoms with van der Waals surface area (Å²) >= 11 is 0. The summed E-state index contributed by atoms with van der Waals surface area (Å²) in [5, 5.41) is 4.45. The summed E-state index contributed by atoms with van der Waals surface area (Å²) in [5.41, 5.74) is 7.54. The first-order valence-corrected chi connectivity index (χ1v) is 10.9. The van der Waals surface area contributed by atoms with Crippen molar-refractivity contribution < 1.29 is 22.2 Å². The number of rotatable bonds is 6. The lowest BCUT2D eigenvalue weighted by Crippen LogP contribution is -2.47. The van der Waals surface area contributed by atoms with Gasteiger partial charge in [0.15, 0.2) is 17.4 Å². The molecule has 5 rings (SSSR count).